The Labute approximate surface area is 52.7 Å². The van der Waals surface area contributed by atoms with E-state index in [1.54, 1.807) is 0 Å². The summed E-state index contributed by atoms with van der Waals surface area (Å²) in [5, 5.41) is 0. The molecule has 0 aromatic heterocycles. The molecule has 0 aromatic carbocycles. The summed E-state index contributed by atoms with van der Waals surface area (Å²) in [5.74, 6) is 0. The van der Waals surface area contributed by atoms with Gasteiger partial charge >= 0.3 is 4.70 Å². The van der Waals surface area contributed by atoms with Crippen molar-refractivity contribution in [3.05, 3.63) is 0 Å². The maximum atomic E-state index is 8.98. The van der Waals surface area contributed by atoms with Gasteiger partial charge in [-0.1, -0.05) is 0 Å². The van der Waals surface area contributed by atoms with E-state index in [9.17, 15) is 0 Å². The normalized spacial score (nSPS) is 5.20. The van der Waals surface area contributed by atoms with Crippen LogP contribution in [0.15, 0.2) is 0 Å². The van der Waals surface area contributed by atoms with Gasteiger partial charge in [-0.3, -0.25) is 4.79 Å². The van der Waals surface area contributed by atoms with E-state index in [2.05, 4.69) is 23.2 Å². The second-order valence-corrected chi connectivity index (χ2v) is 1.11. The first-order valence-corrected chi connectivity index (χ1v) is 1.34. The molecule has 32 valence electrons. The molecule has 5 heavy (non-hydrogen) atoms. The van der Waals surface area contributed by atoms with Gasteiger partial charge < -0.3 is 0 Å². The maximum absolute atomic E-state index is 8.98. The molecule has 1 nitrogen and oxygen atoms in total. The van der Waals surface area contributed by atoms with Gasteiger partial charge in [0.25, 0.3) is 0 Å². The third-order valence-corrected chi connectivity index (χ3v) is 0. The second-order valence-electron chi connectivity index (χ2n) is 0.226. The van der Waals surface area contributed by atoms with Crippen LogP contribution in [0.2, 0.25) is 0 Å². The molecule has 0 saturated carbocycles. The van der Waals surface area contributed by atoms with Gasteiger partial charge in [-0.2, -0.15) is 0 Å². The van der Waals surface area contributed by atoms with Gasteiger partial charge in [0.05, 0.1) is 0 Å². The summed E-state index contributed by atoms with van der Waals surface area (Å²) in [4.78, 5) is 8.98. The summed E-state index contributed by atoms with van der Waals surface area (Å²) in [7, 11) is 0. The van der Waals surface area contributed by atoms with E-state index in [1.165, 1.54) is 0 Å². The van der Waals surface area contributed by atoms with Crippen LogP contribution < -0.4 is 0 Å². The van der Waals surface area contributed by atoms with Gasteiger partial charge in [-0.15, -0.1) is 0 Å². The van der Waals surface area contributed by atoms with E-state index in [-0.39, 0.29) is 19.8 Å². The Bertz CT molecular complexity index is 32.6. The van der Waals surface area contributed by atoms with Crippen LogP contribution in [-0.4, -0.2) is 4.70 Å². The number of halogens is 2. The summed E-state index contributed by atoms with van der Waals surface area (Å²) in [5.41, 5.74) is 0. The van der Waals surface area contributed by atoms with Crippen molar-refractivity contribution in [3.8, 4) is 0 Å². The standard InChI is InChI=1S/CCl2O.Os/c2-1(3)4;. The predicted octanol–water partition coefficient (Wildman–Crippen LogP) is 1.58. The van der Waals surface area contributed by atoms with Gasteiger partial charge in [0.2, 0.25) is 0 Å². The maximum Gasteiger partial charge on any atom is 0.313 e. The Morgan fingerprint density at radius 3 is 1.40 bits per heavy atom. The quantitative estimate of drug-likeness (QED) is 0.619. The van der Waals surface area contributed by atoms with Crippen LogP contribution in [0.4, 0.5) is 4.79 Å². The molecule has 0 N–H and O–H groups in total. The molecule has 0 heterocycles. The number of carbonyl (C=O) groups is 1. The molecule has 0 amide bonds. The molecule has 0 rings (SSSR count). The summed E-state index contributed by atoms with van der Waals surface area (Å²) in [6, 6.07) is 0. The monoisotopic (exact) mass is 290 g/mol. The molecule has 0 atom stereocenters. The topological polar surface area (TPSA) is 17.1 Å². The molecule has 0 radical (unpaired) electrons. The molecule has 4 heteroatoms. The van der Waals surface area contributed by atoms with Crippen LogP contribution >= 0.6 is 23.2 Å². The third-order valence-electron chi connectivity index (χ3n) is 0. The van der Waals surface area contributed by atoms with E-state index in [0.29, 0.717) is 0 Å². The fourth-order valence-corrected chi connectivity index (χ4v) is 0. The van der Waals surface area contributed by atoms with Gasteiger partial charge in [-0.25, -0.2) is 0 Å². The van der Waals surface area contributed by atoms with Gasteiger partial charge in [0.15, 0.2) is 0 Å². The molecular formula is CCl2OOs. The number of carbonyl (C=O) groups excluding carboxylic acids is 1. The van der Waals surface area contributed by atoms with Crippen molar-refractivity contribution in [2.75, 3.05) is 0 Å². The molecule has 0 fully saturated rings. The smallest absolute Gasteiger partial charge is 0.262 e. The van der Waals surface area contributed by atoms with Gasteiger partial charge in [-0.05, 0) is 23.2 Å². The van der Waals surface area contributed by atoms with Crippen LogP contribution in [0.1, 0.15) is 0 Å². The molecule has 0 aliphatic heterocycles. The van der Waals surface area contributed by atoms with Crippen molar-refractivity contribution in [3.63, 3.8) is 0 Å². The van der Waals surface area contributed by atoms with E-state index in [4.69, 9.17) is 4.79 Å². The molecule has 0 aliphatic rings. The minimum absolute atomic E-state index is 0. The van der Waals surface area contributed by atoms with Crippen molar-refractivity contribution < 1.29 is 24.6 Å². The Balaban J connectivity index is 0. The molecule has 0 spiro atoms. The minimum atomic E-state index is -0.889. The molecule has 0 unspecified atom stereocenters. The van der Waals surface area contributed by atoms with Crippen LogP contribution in [0.3, 0.4) is 0 Å². The first kappa shape index (κ1) is 9.31. The van der Waals surface area contributed by atoms with Crippen molar-refractivity contribution in [2.45, 2.75) is 0 Å². The summed E-state index contributed by atoms with van der Waals surface area (Å²) < 4.78 is -0.889. The minimum Gasteiger partial charge on any atom is -0.262 e. The van der Waals surface area contributed by atoms with Gasteiger partial charge in [0, 0.05) is 19.8 Å². The average molecular weight is 289 g/mol. The first-order chi connectivity index (χ1) is 1.73. The number of hydrogen-bond acceptors (Lipinski definition) is 1. The van der Waals surface area contributed by atoms with E-state index >= 15 is 0 Å². The third kappa shape index (κ3) is 51.8. The zero-order chi connectivity index (χ0) is 3.58. The fourth-order valence-electron chi connectivity index (χ4n) is 0. The summed E-state index contributed by atoms with van der Waals surface area (Å²) in [6.45, 7) is 0. The molecule has 0 saturated heterocycles. The van der Waals surface area contributed by atoms with Gasteiger partial charge in [0.1, 0.15) is 0 Å². The summed E-state index contributed by atoms with van der Waals surface area (Å²) >= 11 is 8.80. The van der Waals surface area contributed by atoms with Crippen molar-refractivity contribution in [1.29, 1.82) is 0 Å². The Kier molecular flexibility index (Phi) is 9.09. The van der Waals surface area contributed by atoms with E-state index < -0.39 is 4.70 Å². The van der Waals surface area contributed by atoms with E-state index in [0.717, 1.165) is 0 Å². The second kappa shape index (κ2) is 4.89. The number of rotatable bonds is 0. The van der Waals surface area contributed by atoms with Crippen molar-refractivity contribution in [2.24, 2.45) is 0 Å². The van der Waals surface area contributed by atoms with Crippen LogP contribution in [0, 0.1) is 0 Å². The van der Waals surface area contributed by atoms with E-state index in [1.807, 2.05) is 0 Å². The summed E-state index contributed by atoms with van der Waals surface area (Å²) in [6.07, 6.45) is 0. The largest absolute Gasteiger partial charge is 0.313 e. The van der Waals surface area contributed by atoms with Crippen LogP contribution in [-0.2, 0) is 19.8 Å². The predicted molar refractivity (Wildman–Crippen MR) is 17.1 cm³/mol. The molecule has 0 bridgehead atoms. The number of hydrogen-bond donors (Lipinski definition) is 0. The molecular weight excluding hydrogens is 289 g/mol. The Morgan fingerprint density at radius 1 is 1.40 bits per heavy atom. The Hall–Kier alpha value is 0.886. The van der Waals surface area contributed by atoms with Crippen molar-refractivity contribution >= 4 is 27.9 Å². The Morgan fingerprint density at radius 2 is 1.40 bits per heavy atom. The molecule has 0 aliphatic carbocycles. The fraction of sp³-hybridized carbons (Fsp3) is 0. The SMILES string of the molecule is O=C(Cl)Cl.[Os]. The zero-order valence-electron chi connectivity index (χ0n) is 2.02. The van der Waals surface area contributed by atoms with Crippen LogP contribution in [0.25, 0.3) is 0 Å². The molecule has 0 aromatic rings. The van der Waals surface area contributed by atoms with Crippen LogP contribution in [0.5, 0.6) is 0 Å². The van der Waals surface area contributed by atoms with Crippen molar-refractivity contribution in [1.82, 2.24) is 0 Å². The first-order valence-electron chi connectivity index (χ1n) is 0.582. The average Bonchev–Trinajstić information content (AvgIpc) is 0.811. The zero-order valence-corrected chi connectivity index (χ0v) is 6.07.